The molecule has 0 spiro atoms. The fourth-order valence-corrected chi connectivity index (χ4v) is 2.19. The van der Waals surface area contributed by atoms with Crippen LogP contribution in [-0.4, -0.2) is 17.0 Å². The third-order valence-electron chi connectivity index (χ3n) is 2.56. The van der Waals surface area contributed by atoms with E-state index in [1.807, 2.05) is 38.1 Å². The molecule has 0 fully saturated rings. The molecule has 1 amide bonds. The third kappa shape index (κ3) is 5.87. The minimum Gasteiger partial charge on any atom is -0.481 e. The monoisotopic (exact) mass is 327 g/mol. The molecule has 0 aliphatic rings. The van der Waals surface area contributed by atoms with Gasteiger partial charge < -0.3 is 10.4 Å². The summed E-state index contributed by atoms with van der Waals surface area (Å²) in [6, 6.07) is 6.82. The number of benzene rings is 1. The van der Waals surface area contributed by atoms with Crippen molar-refractivity contribution in [2.75, 3.05) is 0 Å². The predicted octanol–water partition coefficient (Wildman–Crippen LogP) is 3.13. The van der Waals surface area contributed by atoms with Crippen LogP contribution >= 0.6 is 15.9 Å². The Morgan fingerprint density at radius 1 is 1.32 bits per heavy atom. The molecule has 1 aromatic rings. The van der Waals surface area contributed by atoms with E-state index in [0.717, 1.165) is 10.0 Å². The van der Waals surface area contributed by atoms with E-state index in [9.17, 15) is 9.59 Å². The number of carbonyl (C=O) groups is 2. The van der Waals surface area contributed by atoms with E-state index >= 15 is 0 Å². The van der Waals surface area contributed by atoms with Gasteiger partial charge in [-0.1, -0.05) is 41.9 Å². The van der Waals surface area contributed by atoms with Crippen LogP contribution in [0.3, 0.4) is 0 Å². The molecule has 1 aromatic carbocycles. The molecule has 1 atom stereocenters. The zero-order valence-electron chi connectivity index (χ0n) is 11.0. The zero-order chi connectivity index (χ0) is 14.4. The first-order chi connectivity index (χ1) is 8.88. The van der Waals surface area contributed by atoms with Crippen molar-refractivity contribution in [2.45, 2.75) is 32.7 Å². The van der Waals surface area contributed by atoms with Gasteiger partial charge in [0.05, 0.1) is 12.5 Å². The minimum atomic E-state index is -0.935. The summed E-state index contributed by atoms with van der Waals surface area (Å²) >= 11 is 3.34. The summed E-state index contributed by atoms with van der Waals surface area (Å²) in [4.78, 5) is 22.7. The molecular weight excluding hydrogens is 310 g/mol. The van der Waals surface area contributed by atoms with Crippen molar-refractivity contribution in [3.05, 3.63) is 34.3 Å². The molecule has 0 aliphatic heterocycles. The Kier molecular flexibility index (Phi) is 6.02. The average molecular weight is 328 g/mol. The second kappa shape index (κ2) is 7.28. The molecule has 0 radical (unpaired) electrons. The number of halogens is 1. The van der Waals surface area contributed by atoms with E-state index in [0.29, 0.717) is 6.42 Å². The van der Waals surface area contributed by atoms with E-state index in [1.54, 1.807) is 0 Å². The zero-order valence-corrected chi connectivity index (χ0v) is 12.6. The number of hydrogen-bond acceptors (Lipinski definition) is 2. The van der Waals surface area contributed by atoms with Crippen molar-refractivity contribution < 1.29 is 14.7 Å². The number of carboxylic acids is 1. The molecule has 1 rings (SSSR count). The van der Waals surface area contributed by atoms with Crippen molar-refractivity contribution in [1.82, 2.24) is 5.32 Å². The van der Waals surface area contributed by atoms with Gasteiger partial charge in [0.25, 0.3) is 0 Å². The van der Waals surface area contributed by atoms with Gasteiger partial charge in [-0.3, -0.25) is 9.59 Å². The van der Waals surface area contributed by atoms with Crippen LogP contribution in [-0.2, 0) is 9.59 Å². The summed E-state index contributed by atoms with van der Waals surface area (Å²) in [5.74, 6) is -0.816. The first-order valence-electron chi connectivity index (χ1n) is 6.15. The molecule has 104 valence electrons. The van der Waals surface area contributed by atoms with Crippen molar-refractivity contribution >= 4 is 27.8 Å². The maximum absolute atomic E-state index is 11.8. The van der Waals surface area contributed by atoms with Gasteiger partial charge in [0.1, 0.15) is 0 Å². The fourth-order valence-electron chi connectivity index (χ4n) is 1.77. The Morgan fingerprint density at radius 3 is 2.53 bits per heavy atom. The number of carboxylic acid groups (broad SMARTS) is 1. The lowest BCUT2D eigenvalue weighted by molar-refractivity contribution is -0.137. The Bertz CT molecular complexity index is 460. The second-order valence-corrected chi connectivity index (χ2v) is 5.79. The Balaban J connectivity index is 2.83. The first kappa shape index (κ1) is 15.7. The lowest BCUT2D eigenvalue weighted by Gasteiger charge is -2.18. The van der Waals surface area contributed by atoms with Crippen LogP contribution in [0.5, 0.6) is 0 Å². The van der Waals surface area contributed by atoms with Crippen LogP contribution in [0.25, 0.3) is 0 Å². The number of amides is 1. The minimum absolute atomic E-state index is 0.124. The molecule has 0 heterocycles. The average Bonchev–Trinajstić information content (AvgIpc) is 2.26. The van der Waals surface area contributed by atoms with E-state index in [2.05, 4.69) is 21.2 Å². The normalized spacial score (nSPS) is 12.2. The topological polar surface area (TPSA) is 66.4 Å². The number of nitrogens with one attached hydrogen (secondary N) is 1. The highest BCUT2D eigenvalue weighted by molar-refractivity contribution is 9.10. The van der Waals surface area contributed by atoms with Crippen LogP contribution in [0.15, 0.2) is 28.7 Å². The molecule has 0 aliphatic carbocycles. The maximum atomic E-state index is 11.8. The van der Waals surface area contributed by atoms with Gasteiger partial charge >= 0.3 is 5.97 Å². The van der Waals surface area contributed by atoms with E-state index in [-0.39, 0.29) is 18.2 Å². The van der Waals surface area contributed by atoms with Crippen molar-refractivity contribution in [1.29, 1.82) is 0 Å². The lowest BCUT2D eigenvalue weighted by atomic mass is 10.0. The SMILES string of the molecule is CC(C)CC(=O)NC(CC(=O)O)c1cccc(Br)c1. The van der Waals surface area contributed by atoms with E-state index in [4.69, 9.17) is 5.11 Å². The van der Waals surface area contributed by atoms with Crippen LogP contribution in [0.1, 0.15) is 38.3 Å². The summed E-state index contributed by atoms with van der Waals surface area (Å²) in [5.41, 5.74) is 0.786. The molecule has 5 heteroatoms. The van der Waals surface area contributed by atoms with Gasteiger partial charge in [-0.05, 0) is 23.6 Å². The predicted molar refractivity (Wildman–Crippen MR) is 76.7 cm³/mol. The summed E-state index contributed by atoms with van der Waals surface area (Å²) in [5, 5.41) is 11.7. The van der Waals surface area contributed by atoms with Gasteiger partial charge in [-0.25, -0.2) is 0 Å². The molecule has 2 N–H and O–H groups in total. The molecule has 19 heavy (non-hydrogen) atoms. The van der Waals surface area contributed by atoms with Crippen LogP contribution < -0.4 is 5.32 Å². The van der Waals surface area contributed by atoms with Gasteiger partial charge in [0.15, 0.2) is 0 Å². The second-order valence-electron chi connectivity index (χ2n) is 4.87. The van der Waals surface area contributed by atoms with Gasteiger partial charge in [-0.15, -0.1) is 0 Å². The quantitative estimate of drug-likeness (QED) is 0.843. The van der Waals surface area contributed by atoms with Gasteiger partial charge in [-0.2, -0.15) is 0 Å². The number of rotatable bonds is 6. The van der Waals surface area contributed by atoms with Crippen molar-refractivity contribution in [3.8, 4) is 0 Å². The van der Waals surface area contributed by atoms with Gasteiger partial charge in [0.2, 0.25) is 5.91 Å². The van der Waals surface area contributed by atoms with E-state index < -0.39 is 12.0 Å². The highest BCUT2D eigenvalue weighted by Crippen LogP contribution is 2.21. The van der Waals surface area contributed by atoms with Crippen molar-refractivity contribution in [3.63, 3.8) is 0 Å². The number of hydrogen-bond donors (Lipinski definition) is 2. The summed E-state index contributed by atoms with van der Waals surface area (Å²) in [6.45, 7) is 3.90. The summed E-state index contributed by atoms with van der Waals surface area (Å²) < 4.78 is 0.860. The highest BCUT2D eigenvalue weighted by Gasteiger charge is 2.18. The molecule has 0 saturated heterocycles. The summed E-state index contributed by atoms with van der Waals surface area (Å²) in [6.07, 6.45) is 0.268. The largest absolute Gasteiger partial charge is 0.481 e. The fraction of sp³-hybridized carbons (Fsp3) is 0.429. The molecule has 0 saturated carbocycles. The van der Waals surface area contributed by atoms with Crippen LogP contribution in [0.2, 0.25) is 0 Å². The first-order valence-corrected chi connectivity index (χ1v) is 6.94. The van der Waals surface area contributed by atoms with Crippen LogP contribution in [0.4, 0.5) is 0 Å². The Hall–Kier alpha value is -1.36. The standard InChI is InChI=1S/C14H18BrNO3/c1-9(2)6-13(17)16-12(8-14(18)19)10-4-3-5-11(15)7-10/h3-5,7,9,12H,6,8H2,1-2H3,(H,16,17)(H,18,19). The van der Waals surface area contributed by atoms with E-state index in [1.165, 1.54) is 0 Å². The Morgan fingerprint density at radius 2 is 2.00 bits per heavy atom. The molecule has 0 aromatic heterocycles. The molecule has 4 nitrogen and oxygen atoms in total. The smallest absolute Gasteiger partial charge is 0.305 e. The molecule has 1 unspecified atom stereocenters. The number of aliphatic carboxylic acids is 1. The molecule has 0 bridgehead atoms. The van der Waals surface area contributed by atoms with Gasteiger partial charge in [0, 0.05) is 10.9 Å². The van der Waals surface area contributed by atoms with Crippen LogP contribution in [0, 0.1) is 5.92 Å². The maximum Gasteiger partial charge on any atom is 0.305 e. The highest BCUT2D eigenvalue weighted by atomic mass is 79.9. The third-order valence-corrected chi connectivity index (χ3v) is 3.05. The lowest BCUT2D eigenvalue weighted by Crippen LogP contribution is -2.30. The van der Waals surface area contributed by atoms with Crippen molar-refractivity contribution in [2.24, 2.45) is 5.92 Å². The summed E-state index contributed by atoms with van der Waals surface area (Å²) in [7, 11) is 0. The number of carbonyl (C=O) groups excluding carboxylic acids is 1. The Labute approximate surface area is 121 Å². The molecular formula is C14H18BrNO3.